The second kappa shape index (κ2) is 13.7. The van der Waals surface area contributed by atoms with Gasteiger partial charge in [0.2, 0.25) is 0 Å². The summed E-state index contributed by atoms with van der Waals surface area (Å²) in [5, 5.41) is 4.71. The zero-order valence-corrected chi connectivity index (χ0v) is 34.2. The summed E-state index contributed by atoms with van der Waals surface area (Å²) in [7, 11) is 0. The second-order valence-corrected chi connectivity index (χ2v) is 16.8. The van der Waals surface area contributed by atoms with Crippen LogP contribution in [0.25, 0.3) is 49.4 Å². The van der Waals surface area contributed by atoms with Crippen molar-refractivity contribution in [1.82, 2.24) is 0 Å². The van der Waals surface area contributed by atoms with Crippen LogP contribution >= 0.6 is 0 Å². The molecule has 1 aromatic heterocycles. The molecule has 0 saturated heterocycles. The molecular weight excluding hydrogens is 727 g/mol. The summed E-state index contributed by atoms with van der Waals surface area (Å²) < 4.78 is 6.76. The summed E-state index contributed by atoms with van der Waals surface area (Å²) in [5.41, 5.74) is 17.3. The van der Waals surface area contributed by atoms with E-state index in [4.69, 9.17) is 4.42 Å². The largest absolute Gasteiger partial charge is 0.455 e. The molecule has 2 nitrogen and oxygen atoms in total. The molecule has 0 bridgehead atoms. The first-order valence-electron chi connectivity index (χ1n) is 21.0. The summed E-state index contributed by atoms with van der Waals surface area (Å²) in [5.74, 6) is 0. The summed E-state index contributed by atoms with van der Waals surface area (Å²) in [6, 6.07) is 64.9. The monoisotopic (exact) mass is 771 g/mol. The molecule has 0 amide bonds. The molecular formula is C58H45NO. The number of rotatable bonds is 8. The van der Waals surface area contributed by atoms with Crippen LogP contribution in [0.4, 0.5) is 17.1 Å². The minimum absolute atomic E-state index is 0.196. The fourth-order valence-corrected chi connectivity index (χ4v) is 10.7. The minimum Gasteiger partial charge on any atom is -0.455 e. The van der Waals surface area contributed by atoms with Gasteiger partial charge in [-0.3, -0.25) is 0 Å². The Morgan fingerprint density at radius 1 is 0.583 bits per heavy atom. The van der Waals surface area contributed by atoms with Crippen LogP contribution in [0.5, 0.6) is 0 Å². The molecule has 2 aliphatic rings. The second-order valence-electron chi connectivity index (χ2n) is 16.8. The Labute approximate surface area is 352 Å². The van der Waals surface area contributed by atoms with Crippen LogP contribution in [0.15, 0.2) is 211 Å². The SMILES string of the molecule is C=C/C=C\CC1=C(C)c2ccc(N(c3ccc4c(c3)-c3c(ccc5c3oc3ccccc35)C4(C)C)c3cccc4ccccc34)cc2C1(c1ccccc1)c1ccccc1. The van der Waals surface area contributed by atoms with Gasteiger partial charge in [0.25, 0.3) is 0 Å². The third-order valence-electron chi connectivity index (χ3n) is 13.4. The maximum atomic E-state index is 6.76. The summed E-state index contributed by atoms with van der Waals surface area (Å²) in [6.45, 7) is 11.0. The molecule has 2 heteroatoms. The molecule has 0 unspecified atom stereocenters. The van der Waals surface area contributed by atoms with Crippen molar-refractivity contribution in [3.63, 3.8) is 0 Å². The van der Waals surface area contributed by atoms with Crippen LogP contribution in [-0.2, 0) is 10.8 Å². The number of allylic oxidation sites excluding steroid dienone is 5. The Morgan fingerprint density at radius 3 is 2.00 bits per heavy atom. The Balaban J connectivity index is 1.19. The van der Waals surface area contributed by atoms with Gasteiger partial charge in [-0.1, -0.05) is 178 Å². The van der Waals surface area contributed by atoms with E-state index in [1.807, 2.05) is 6.08 Å². The molecule has 288 valence electrons. The zero-order valence-electron chi connectivity index (χ0n) is 34.2. The third-order valence-corrected chi connectivity index (χ3v) is 13.4. The molecule has 0 aliphatic heterocycles. The lowest BCUT2D eigenvalue weighted by Crippen LogP contribution is -2.30. The molecule has 0 fully saturated rings. The molecule has 2 aliphatic carbocycles. The molecule has 9 aromatic rings. The Morgan fingerprint density at radius 2 is 1.23 bits per heavy atom. The van der Waals surface area contributed by atoms with E-state index < -0.39 is 5.41 Å². The van der Waals surface area contributed by atoms with Crippen LogP contribution < -0.4 is 4.90 Å². The molecule has 0 atom stereocenters. The van der Waals surface area contributed by atoms with Crippen LogP contribution in [0.1, 0.15) is 60.6 Å². The molecule has 0 radical (unpaired) electrons. The molecule has 0 spiro atoms. The fourth-order valence-electron chi connectivity index (χ4n) is 10.7. The van der Waals surface area contributed by atoms with Gasteiger partial charge in [-0.15, -0.1) is 0 Å². The highest BCUT2D eigenvalue weighted by atomic mass is 16.3. The molecule has 11 rings (SSSR count). The number of hydrogen-bond donors (Lipinski definition) is 0. The highest BCUT2D eigenvalue weighted by molar-refractivity contribution is 6.12. The van der Waals surface area contributed by atoms with Gasteiger partial charge in [0.05, 0.1) is 11.1 Å². The van der Waals surface area contributed by atoms with Gasteiger partial charge >= 0.3 is 0 Å². The van der Waals surface area contributed by atoms with Gasteiger partial charge in [0.15, 0.2) is 0 Å². The van der Waals surface area contributed by atoms with Gasteiger partial charge in [0, 0.05) is 38.5 Å². The number of anilines is 3. The molecule has 0 N–H and O–H groups in total. The molecule has 8 aromatic carbocycles. The van der Waals surface area contributed by atoms with E-state index in [1.165, 1.54) is 66.4 Å². The van der Waals surface area contributed by atoms with Crippen molar-refractivity contribution in [2.45, 2.75) is 38.0 Å². The fraction of sp³-hybridized carbons (Fsp3) is 0.103. The van der Waals surface area contributed by atoms with E-state index in [2.05, 4.69) is 220 Å². The van der Waals surface area contributed by atoms with Gasteiger partial charge in [-0.2, -0.15) is 0 Å². The predicted molar refractivity (Wildman–Crippen MR) is 253 cm³/mol. The first-order valence-corrected chi connectivity index (χ1v) is 21.0. The van der Waals surface area contributed by atoms with Crippen molar-refractivity contribution in [3.8, 4) is 11.1 Å². The smallest absolute Gasteiger partial charge is 0.143 e. The molecule has 60 heavy (non-hydrogen) atoms. The van der Waals surface area contributed by atoms with E-state index >= 15 is 0 Å². The topological polar surface area (TPSA) is 16.4 Å². The summed E-state index contributed by atoms with van der Waals surface area (Å²) in [6.07, 6.45) is 7.00. The third kappa shape index (κ3) is 5.13. The van der Waals surface area contributed by atoms with Gasteiger partial charge in [-0.25, -0.2) is 0 Å². The van der Waals surface area contributed by atoms with E-state index in [-0.39, 0.29) is 5.41 Å². The van der Waals surface area contributed by atoms with E-state index in [0.29, 0.717) is 0 Å². The Hall–Kier alpha value is -7.16. The van der Waals surface area contributed by atoms with E-state index in [0.717, 1.165) is 45.4 Å². The van der Waals surface area contributed by atoms with Crippen molar-refractivity contribution in [3.05, 3.63) is 240 Å². The molecule has 0 saturated carbocycles. The number of para-hydroxylation sites is 1. The normalized spacial score (nSPS) is 14.8. The highest BCUT2D eigenvalue weighted by Gasteiger charge is 2.46. The van der Waals surface area contributed by atoms with Crippen molar-refractivity contribution in [2.75, 3.05) is 4.90 Å². The van der Waals surface area contributed by atoms with Gasteiger partial charge < -0.3 is 9.32 Å². The number of fused-ring (bicyclic) bond motifs is 9. The lowest BCUT2D eigenvalue weighted by atomic mass is 9.66. The highest BCUT2D eigenvalue weighted by Crippen LogP contribution is 2.58. The lowest BCUT2D eigenvalue weighted by Gasteiger charge is -2.36. The van der Waals surface area contributed by atoms with Crippen LogP contribution in [0, 0.1) is 0 Å². The van der Waals surface area contributed by atoms with Crippen LogP contribution in [0.3, 0.4) is 0 Å². The van der Waals surface area contributed by atoms with Crippen LogP contribution in [0.2, 0.25) is 0 Å². The first kappa shape index (κ1) is 36.0. The number of nitrogens with zero attached hydrogens (tertiary/aromatic N) is 1. The minimum atomic E-state index is -0.512. The van der Waals surface area contributed by atoms with Crippen LogP contribution in [-0.4, -0.2) is 0 Å². The standard InChI is InChI=1S/C58H45NO/c1-5-6-9-27-49-38(2)44-32-30-43(37-52(44)58(49,40-21-10-7-11-22-40)41-23-12-8-13-24-41)59(53-28-18-20-39-19-14-15-25-45(39)53)42-31-34-50-48(36-42)55-51(57(50,3)4)35-33-47-46-26-16-17-29-54(46)60-56(47)55/h5-26,28-37H,1,27H2,2-4H3/b9-6-. The van der Waals surface area contributed by atoms with Crippen molar-refractivity contribution >= 4 is 55.3 Å². The Kier molecular flexibility index (Phi) is 8.22. The Bertz CT molecular complexity index is 3190. The molecule has 1 heterocycles. The number of hydrogen-bond acceptors (Lipinski definition) is 2. The zero-order chi connectivity index (χ0) is 40.6. The summed E-state index contributed by atoms with van der Waals surface area (Å²) in [4.78, 5) is 2.48. The predicted octanol–water partition coefficient (Wildman–Crippen LogP) is 15.8. The van der Waals surface area contributed by atoms with Gasteiger partial charge in [-0.05, 0) is 105 Å². The van der Waals surface area contributed by atoms with Gasteiger partial charge in [0.1, 0.15) is 11.2 Å². The van der Waals surface area contributed by atoms with E-state index in [9.17, 15) is 0 Å². The summed E-state index contributed by atoms with van der Waals surface area (Å²) >= 11 is 0. The van der Waals surface area contributed by atoms with Crippen molar-refractivity contribution in [2.24, 2.45) is 0 Å². The quantitative estimate of drug-likeness (QED) is 0.143. The average Bonchev–Trinajstić information content (AvgIpc) is 3.87. The number of furan rings is 1. The van der Waals surface area contributed by atoms with Crippen molar-refractivity contribution < 1.29 is 4.42 Å². The maximum Gasteiger partial charge on any atom is 0.143 e. The number of benzene rings is 8. The average molecular weight is 772 g/mol. The van der Waals surface area contributed by atoms with E-state index in [1.54, 1.807) is 0 Å². The van der Waals surface area contributed by atoms with Crippen molar-refractivity contribution in [1.29, 1.82) is 0 Å². The lowest BCUT2D eigenvalue weighted by molar-refractivity contribution is 0.653. The first-order chi connectivity index (χ1) is 29.4. The maximum absolute atomic E-state index is 6.76.